The number of hydrogen-bond donors (Lipinski definition) is 2. The number of carbonyl (C=O) groups excluding carboxylic acids is 2. The Balaban J connectivity index is 1.87. The summed E-state index contributed by atoms with van der Waals surface area (Å²) in [6, 6.07) is 1.91. The van der Waals surface area contributed by atoms with Crippen LogP contribution in [0.15, 0.2) is 24.9 Å². The fourth-order valence-corrected chi connectivity index (χ4v) is 4.06. The number of nitrogens with zero attached hydrogens (tertiary/aromatic N) is 5. The molecule has 148 valence electrons. The van der Waals surface area contributed by atoms with Gasteiger partial charge in [-0.1, -0.05) is 6.58 Å². The Morgan fingerprint density at radius 3 is 2.86 bits per heavy atom. The van der Waals surface area contributed by atoms with Crippen LogP contribution in [0.1, 0.15) is 29.5 Å². The van der Waals surface area contributed by atoms with Gasteiger partial charge in [0.05, 0.1) is 17.9 Å². The van der Waals surface area contributed by atoms with Gasteiger partial charge in [0.2, 0.25) is 5.91 Å². The van der Waals surface area contributed by atoms with Crippen molar-refractivity contribution >= 4 is 40.0 Å². The van der Waals surface area contributed by atoms with Crippen LogP contribution in [0.25, 0.3) is 0 Å². The molecule has 1 aliphatic rings. The zero-order valence-electron chi connectivity index (χ0n) is 16.0. The molecular formula is C18H23N7O2S. The molecule has 0 radical (unpaired) electrons. The van der Waals surface area contributed by atoms with Crippen molar-refractivity contribution in [3.63, 3.8) is 0 Å². The van der Waals surface area contributed by atoms with Crippen molar-refractivity contribution in [1.29, 1.82) is 0 Å². The standard InChI is InChI=1S/C18H23N7O2S/c1-5-15(26)25-7-6-12(11(25)3)24(4)13-9-20-16(17(19)27)18(21-13)22-14-8-10(2)23-28-14/h5,8-9,11-12H,1,6-7H2,2-4H3,(H2,19,27)(H,21,22)/t11-,12-/m1/s1. The van der Waals surface area contributed by atoms with Crippen molar-refractivity contribution < 1.29 is 9.59 Å². The fraction of sp³-hybridized carbons (Fsp3) is 0.389. The highest BCUT2D eigenvalue weighted by atomic mass is 32.1. The van der Waals surface area contributed by atoms with E-state index in [1.54, 1.807) is 4.90 Å². The van der Waals surface area contributed by atoms with Crippen LogP contribution in [0.4, 0.5) is 16.6 Å². The summed E-state index contributed by atoms with van der Waals surface area (Å²) in [5.41, 5.74) is 6.37. The van der Waals surface area contributed by atoms with Crippen LogP contribution in [0.5, 0.6) is 0 Å². The van der Waals surface area contributed by atoms with Crippen molar-refractivity contribution in [2.75, 3.05) is 23.8 Å². The smallest absolute Gasteiger partial charge is 0.271 e. The molecule has 2 aromatic heterocycles. The quantitative estimate of drug-likeness (QED) is 0.707. The number of anilines is 3. The Labute approximate surface area is 167 Å². The molecule has 28 heavy (non-hydrogen) atoms. The van der Waals surface area contributed by atoms with Gasteiger partial charge in [0.25, 0.3) is 5.91 Å². The summed E-state index contributed by atoms with van der Waals surface area (Å²) in [4.78, 5) is 36.3. The number of nitrogens with one attached hydrogen (secondary N) is 1. The van der Waals surface area contributed by atoms with Crippen LogP contribution in [-0.4, -0.2) is 56.7 Å². The SMILES string of the molecule is C=CC(=O)N1CC[C@@H](N(C)c2cnc(C(N)=O)c(Nc3cc(C)ns3)n2)[C@H]1C. The van der Waals surface area contributed by atoms with Crippen LogP contribution in [0.3, 0.4) is 0 Å². The molecule has 0 spiro atoms. The van der Waals surface area contributed by atoms with Gasteiger partial charge in [0.15, 0.2) is 11.5 Å². The maximum absolute atomic E-state index is 12.0. The van der Waals surface area contributed by atoms with Crippen LogP contribution < -0.4 is 16.0 Å². The molecule has 1 fully saturated rings. The monoisotopic (exact) mass is 401 g/mol. The van der Waals surface area contributed by atoms with E-state index < -0.39 is 5.91 Å². The molecule has 2 aromatic rings. The number of rotatable bonds is 6. The topological polar surface area (TPSA) is 117 Å². The van der Waals surface area contributed by atoms with E-state index in [2.05, 4.69) is 26.2 Å². The van der Waals surface area contributed by atoms with E-state index in [9.17, 15) is 9.59 Å². The number of amides is 2. The third-order valence-electron chi connectivity index (χ3n) is 4.89. The maximum atomic E-state index is 12.0. The second kappa shape index (κ2) is 7.93. The molecule has 10 heteroatoms. The summed E-state index contributed by atoms with van der Waals surface area (Å²) >= 11 is 1.26. The van der Waals surface area contributed by atoms with Gasteiger partial charge in [-0.2, -0.15) is 4.37 Å². The number of aromatic nitrogens is 3. The Morgan fingerprint density at radius 2 is 2.25 bits per heavy atom. The zero-order chi connectivity index (χ0) is 20.4. The Kier molecular flexibility index (Phi) is 5.59. The number of aryl methyl sites for hydroxylation is 1. The van der Waals surface area contributed by atoms with Crippen LogP contribution >= 0.6 is 11.5 Å². The number of nitrogens with two attached hydrogens (primary N) is 1. The maximum Gasteiger partial charge on any atom is 0.271 e. The predicted molar refractivity (Wildman–Crippen MR) is 109 cm³/mol. The Hall–Kier alpha value is -3.01. The minimum absolute atomic E-state index is 0.00586. The number of primary amides is 1. The predicted octanol–water partition coefficient (Wildman–Crippen LogP) is 1.70. The Morgan fingerprint density at radius 1 is 1.50 bits per heavy atom. The summed E-state index contributed by atoms with van der Waals surface area (Å²) < 4.78 is 4.21. The second-order valence-electron chi connectivity index (χ2n) is 6.69. The Bertz CT molecular complexity index is 913. The molecule has 0 saturated carbocycles. The van der Waals surface area contributed by atoms with Gasteiger partial charge in [-0.05, 0) is 43.9 Å². The molecule has 0 aliphatic carbocycles. The summed E-state index contributed by atoms with van der Waals surface area (Å²) in [7, 11) is 1.90. The summed E-state index contributed by atoms with van der Waals surface area (Å²) in [5, 5.41) is 3.83. The lowest BCUT2D eigenvalue weighted by atomic mass is 10.1. The number of likely N-dealkylation sites (N-methyl/N-ethyl adjacent to an activating group) is 1. The molecular weight excluding hydrogens is 378 g/mol. The largest absolute Gasteiger partial charge is 0.364 e. The van der Waals surface area contributed by atoms with Crippen LogP contribution in [0, 0.1) is 6.92 Å². The van der Waals surface area contributed by atoms with Crippen molar-refractivity contribution in [2.45, 2.75) is 32.4 Å². The van der Waals surface area contributed by atoms with Gasteiger partial charge in [0, 0.05) is 19.6 Å². The van der Waals surface area contributed by atoms with Crippen LogP contribution in [-0.2, 0) is 4.79 Å². The first kappa shape index (κ1) is 19.7. The molecule has 3 rings (SSSR count). The normalized spacial score (nSPS) is 18.8. The van der Waals surface area contributed by atoms with Crippen molar-refractivity contribution in [1.82, 2.24) is 19.2 Å². The average Bonchev–Trinajstić information content (AvgIpc) is 3.25. The highest BCUT2D eigenvalue weighted by Crippen LogP contribution is 2.28. The molecule has 0 aromatic carbocycles. The zero-order valence-corrected chi connectivity index (χ0v) is 16.9. The molecule has 3 heterocycles. The van der Waals surface area contributed by atoms with Crippen molar-refractivity contribution in [3.8, 4) is 0 Å². The van der Waals surface area contributed by atoms with Crippen molar-refractivity contribution in [3.05, 3.63) is 36.3 Å². The molecule has 2 atom stereocenters. The number of likely N-dealkylation sites (tertiary alicyclic amines) is 1. The first-order valence-electron chi connectivity index (χ1n) is 8.85. The average molecular weight is 401 g/mol. The molecule has 9 nitrogen and oxygen atoms in total. The van der Waals surface area contributed by atoms with E-state index in [0.29, 0.717) is 12.4 Å². The van der Waals surface area contributed by atoms with E-state index in [0.717, 1.165) is 17.1 Å². The molecule has 1 saturated heterocycles. The summed E-state index contributed by atoms with van der Waals surface area (Å²) in [6.07, 6.45) is 3.65. The molecule has 2 amide bonds. The minimum atomic E-state index is -0.664. The van der Waals surface area contributed by atoms with Gasteiger partial charge >= 0.3 is 0 Å². The second-order valence-corrected chi connectivity index (χ2v) is 7.50. The van der Waals surface area contributed by atoms with E-state index in [1.807, 2.05) is 31.9 Å². The molecule has 0 unspecified atom stereocenters. The lowest BCUT2D eigenvalue weighted by molar-refractivity contribution is -0.126. The van der Waals surface area contributed by atoms with Gasteiger partial charge in [-0.3, -0.25) is 9.59 Å². The third-order valence-corrected chi connectivity index (χ3v) is 5.69. The minimum Gasteiger partial charge on any atom is -0.364 e. The van der Waals surface area contributed by atoms with Crippen molar-refractivity contribution in [2.24, 2.45) is 5.73 Å². The van der Waals surface area contributed by atoms with E-state index in [1.165, 1.54) is 23.8 Å². The molecule has 3 N–H and O–H groups in total. The van der Waals surface area contributed by atoms with Gasteiger partial charge < -0.3 is 20.9 Å². The number of hydrogen-bond acceptors (Lipinski definition) is 8. The third kappa shape index (κ3) is 3.81. The lowest BCUT2D eigenvalue weighted by Crippen LogP contribution is -2.43. The highest BCUT2D eigenvalue weighted by Gasteiger charge is 2.36. The van der Waals surface area contributed by atoms with Crippen LogP contribution in [0.2, 0.25) is 0 Å². The highest BCUT2D eigenvalue weighted by molar-refractivity contribution is 7.10. The van der Waals surface area contributed by atoms with Gasteiger partial charge in [-0.15, -0.1) is 0 Å². The van der Waals surface area contributed by atoms with Gasteiger partial charge in [-0.25, -0.2) is 9.97 Å². The van der Waals surface area contributed by atoms with E-state index in [4.69, 9.17) is 5.73 Å². The number of carbonyl (C=O) groups is 2. The summed E-state index contributed by atoms with van der Waals surface area (Å²) in [5.74, 6) is 0.118. The fourth-order valence-electron chi connectivity index (χ4n) is 3.40. The summed E-state index contributed by atoms with van der Waals surface area (Å²) in [6.45, 7) is 8.09. The lowest BCUT2D eigenvalue weighted by Gasteiger charge is -2.31. The van der Waals surface area contributed by atoms with Gasteiger partial charge in [0.1, 0.15) is 10.8 Å². The van der Waals surface area contributed by atoms with E-state index >= 15 is 0 Å². The first-order chi connectivity index (χ1) is 13.3. The van der Waals surface area contributed by atoms with E-state index in [-0.39, 0.29) is 29.5 Å². The first-order valence-corrected chi connectivity index (χ1v) is 9.62. The molecule has 0 bridgehead atoms. The molecule has 1 aliphatic heterocycles.